The fourth-order valence-electron chi connectivity index (χ4n) is 0.856. The van der Waals surface area contributed by atoms with Crippen LogP contribution >= 0.6 is 12.6 Å². The molecule has 0 aromatic heterocycles. The molecule has 2 rings (SSSR count). The second-order valence-corrected chi connectivity index (χ2v) is 3.06. The lowest BCUT2D eigenvalue weighted by molar-refractivity contribution is 0.568. The molecule has 0 fully saturated rings. The second-order valence-electron chi connectivity index (χ2n) is 2.63. The number of nitrogens with zero attached hydrogens (tertiary/aromatic N) is 3. The van der Waals surface area contributed by atoms with Gasteiger partial charge in [0.05, 0.1) is 19.4 Å². The van der Waals surface area contributed by atoms with Crippen LogP contribution in [-0.2, 0) is 0 Å². The Morgan fingerprint density at radius 1 is 1.58 bits per heavy atom. The molecule has 68 valence electrons. The van der Waals surface area contributed by atoms with Crippen molar-refractivity contribution >= 4 is 24.1 Å². The van der Waals surface area contributed by atoms with Crippen molar-refractivity contribution in [2.45, 2.75) is 0 Å². The fourth-order valence-corrected chi connectivity index (χ4v) is 1.07. The molecule has 0 amide bonds. The average molecular weight is 186 g/mol. The molecule has 0 aromatic rings. The monoisotopic (exact) mass is 186 g/mol. The maximum absolute atomic E-state index is 3.97. The summed E-state index contributed by atoms with van der Waals surface area (Å²) < 4.78 is 0. The molecule has 12 heavy (non-hydrogen) atoms. The first-order valence-electron chi connectivity index (χ1n) is 3.96. The largest absolute Gasteiger partial charge is 0.364 e. The Kier molecular flexibility index (Phi) is 3.93. The first-order chi connectivity index (χ1) is 5.79. The second kappa shape index (κ2) is 5.03. The van der Waals surface area contributed by atoms with Gasteiger partial charge < -0.3 is 10.2 Å². The molecule has 2 aliphatic rings. The highest BCUT2D eigenvalue weighted by Crippen LogP contribution is 1.85. The van der Waals surface area contributed by atoms with Gasteiger partial charge in [0.1, 0.15) is 0 Å². The van der Waals surface area contributed by atoms with E-state index in [-0.39, 0.29) is 0 Å². The van der Waals surface area contributed by atoms with Gasteiger partial charge in [-0.05, 0) is 0 Å². The molecule has 0 unspecified atom stereocenters. The Hall–Kier alpha value is -0.710. The Bertz CT molecular complexity index is 190. The Morgan fingerprint density at radius 2 is 2.42 bits per heavy atom. The van der Waals surface area contributed by atoms with Crippen LogP contribution in [0.3, 0.4) is 0 Å². The highest BCUT2D eigenvalue weighted by Gasteiger charge is 1.95. The summed E-state index contributed by atoms with van der Waals surface area (Å²) in [6.45, 7) is 3.92. The van der Waals surface area contributed by atoms with Gasteiger partial charge in [-0.2, -0.15) is 0 Å². The van der Waals surface area contributed by atoms with Gasteiger partial charge >= 0.3 is 0 Å². The van der Waals surface area contributed by atoms with E-state index in [1.807, 2.05) is 13.4 Å². The maximum atomic E-state index is 3.97. The summed E-state index contributed by atoms with van der Waals surface area (Å²) in [5.74, 6) is 0. The summed E-state index contributed by atoms with van der Waals surface area (Å²) in [5, 5.41) is 3.71. The predicted molar refractivity (Wildman–Crippen MR) is 55.3 cm³/mol. The lowest BCUT2D eigenvalue weighted by atomic mass is 10.6. The maximum Gasteiger partial charge on any atom is 0.153 e. The Labute approximate surface area is 78.2 Å². The molecule has 2 aliphatic heterocycles. The molecular formula is C7H14N4S. The minimum atomic E-state index is 0.773. The highest BCUT2D eigenvalue weighted by atomic mass is 32.1. The minimum absolute atomic E-state index is 0.773. The molecule has 0 aliphatic carbocycles. The molecule has 0 spiro atoms. The summed E-state index contributed by atoms with van der Waals surface area (Å²) in [5.41, 5.74) is 0. The number of thiol groups is 1. The first kappa shape index (κ1) is 9.38. The standard InChI is InChI=1S/C4H8N2.C3H6N2S/c1-6-3-2-5-4-6;6-3-4-1-2-5-3/h4H,2-3H2,1H3;1-2H2,(H2,4,5,6). The van der Waals surface area contributed by atoms with Crippen molar-refractivity contribution in [1.29, 1.82) is 0 Å². The van der Waals surface area contributed by atoms with Crippen molar-refractivity contribution in [2.24, 2.45) is 9.98 Å². The van der Waals surface area contributed by atoms with Crippen LogP contribution in [-0.4, -0.2) is 49.6 Å². The van der Waals surface area contributed by atoms with E-state index in [9.17, 15) is 0 Å². The number of rotatable bonds is 0. The third-order valence-electron chi connectivity index (χ3n) is 1.52. The highest BCUT2D eigenvalue weighted by molar-refractivity contribution is 7.96. The summed E-state index contributed by atoms with van der Waals surface area (Å²) in [6, 6.07) is 0. The van der Waals surface area contributed by atoms with Gasteiger partial charge in [0, 0.05) is 20.1 Å². The number of nitrogens with one attached hydrogen (secondary N) is 1. The van der Waals surface area contributed by atoms with E-state index in [1.165, 1.54) is 0 Å². The van der Waals surface area contributed by atoms with Crippen LogP contribution < -0.4 is 5.32 Å². The van der Waals surface area contributed by atoms with E-state index < -0.39 is 0 Å². The van der Waals surface area contributed by atoms with E-state index in [0.717, 1.165) is 31.3 Å². The molecular weight excluding hydrogens is 172 g/mol. The van der Waals surface area contributed by atoms with Crippen LogP contribution in [0, 0.1) is 0 Å². The van der Waals surface area contributed by atoms with Crippen molar-refractivity contribution in [1.82, 2.24) is 10.2 Å². The first-order valence-corrected chi connectivity index (χ1v) is 4.41. The molecule has 1 N–H and O–H groups in total. The van der Waals surface area contributed by atoms with Crippen molar-refractivity contribution in [3.63, 3.8) is 0 Å². The molecule has 2 heterocycles. The van der Waals surface area contributed by atoms with Crippen LogP contribution in [0.5, 0.6) is 0 Å². The molecule has 0 atom stereocenters. The predicted octanol–water partition coefficient (Wildman–Crippen LogP) is -0.165. The summed E-state index contributed by atoms with van der Waals surface area (Å²) in [7, 11) is 2.02. The lowest BCUT2D eigenvalue weighted by Crippen LogP contribution is -2.11. The van der Waals surface area contributed by atoms with Crippen LogP contribution in [0.1, 0.15) is 0 Å². The number of aliphatic imine (C=N–C) groups is 2. The molecule has 5 heteroatoms. The summed E-state index contributed by atoms with van der Waals surface area (Å²) in [4.78, 5) is 9.94. The molecule has 0 saturated heterocycles. The summed E-state index contributed by atoms with van der Waals surface area (Å²) in [6.07, 6.45) is 1.86. The van der Waals surface area contributed by atoms with Crippen molar-refractivity contribution in [3.05, 3.63) is 0 Å². The number of hydrogen-bond donors (Lipinski definition) is 2. The number of likely N-dealkylation sites (N-methyl/N-ethyl adjacent to an activating group) is 1. The molecule has 0 aromatic carbocycles. The van der Waals surface area contributed by atoms with E-state index in [2.05, 4.69) is 32.8 Å². The smallest absolute Gasteiger partial charge is 0.153 e. The third-order valence-corrected chi connectivity index (χ3v) is 1.82. The van der Waals surface area contributed by atoms with Gasteiger partial charge in [-0.1, -0.05) is 0 Å². The van der Waals surface area contributed by atoms with E-state index in [4.69, 9.17) is 0 Å². The quantitative estimate of drug-likeness (QED) is 0.516. The normalized spacial score (nSPS) is 19.8. The van der Waals surface area contributed by atoms with Gasteiger partial charge in [-0.15, -0.1) is 12.6 Å². The average Bonchev–Trinajstić information content (AvgIpc) is 2.63. The van der Waals surface area contributed by atoms with E-state index >= 15 is 0 Å². The van der Waals surface area contributed by atoms with Gasteiger partial charge in [0.25, 0.3) is 0 Å². The lowest BCUT2D eigenvalue weighted by Gasteiger charge is -1.99. The Morgan fingerprint density at radius 3 is 2.58 bits per heavy atom. The van der Waals surface area contributed by atoms with Gasteiger partial charge in [-0.25, -0.2) is 0 Å². The summed E-state index contributed by atoms with van der Waals surface area (Å²) >= 11 is 3.93. The minimum Gasteiger partial charge on any atom is -0.364 e. The van der Waals surface area contributed by atoms with Crippen molar-refractivity contribution in [2.75, 3.05) is 33.2 Å². The molecule has 4 nitrogen and oxygen atoms in total. The molecule has 0 saturated carbocycles. The molecule has 0 radical (unpaired) electrons. The van der Waals surface area contributed by atoms with Crippen molar-refractivity contribution < 1.29 is 0 Å². The molecule has 0 bridgehead atoms. The number of hydrogen-bond acceptors (Lipinski definition) is 4. The van der Waals surface area contributed by atoms with Gasteiger partial charge in [0.2, 0.25) is 0 Å². The van der Waals surface area contributed by atoms with Gasteiger partial charge in [-0.3, -0.25) is 9.98 Å². The van der Waals surface area contributed by atoms with Crippen molar-refractivity contribution in [3.8, 4) is 0 Å². The zero-order valence-electron chi connectivity index (χ0n) is 7.19. The fraction of sp³-hybridized carbons (Fsp3) is 0.714. The Balaban J connectivity index is 0.000000120. The SMILES string of the molecule is CN1C=NCC1.SC1=NCCN1. The third kappa shape index (κ3) is 3.61. The van der Waals surface area contributed by atoms with E-state index in [1.54, 1.807) is 0 Å². The van der Waals surface area contributed by atoms with Crippen LogP contribution in [0.25, 0.3) is 0 Å². The zero-order valence-corrected chi connectivity index (χ0v) is 8.09. The van der Waals surface area contributed by atoms with E-state index in [0.29, 0.717) is 0 Å². The van der Waals surface area contributed by atoms with Crippen LogP contribution in [0.4, 0.5) is 0 Å². The zero-order chi connectivity index (χ0) is 8.81. The van der Waals surface area contributed by atoms with Gasteiger partial charge in [0.15, 0.2) is 5.17 Å². The van der Waals surface area contributed by atoms with Crippen LogP contribution in [0.2, 0.25) is 0 Å². The topological polar surface area (TPSA) is 40.0 Å². The number of amidine groups is 1. The van der Waals surface area contributed by atoms with Crippen LogP contribution in [0.15, 0.2) is 9.98 Å².